The van der Waals surface area contributed by atoms with Gasteiger partial charge in [-0.15, -0.1) is 0 Å². The van der Waals surface area contributed by atoms with Gasteiger partial charge in [0.15, 0.2) is 0 Å². The molecule has 3 rings (SSSR count). The van der Waals surface area contributed by atoms with Gasteiger partial charge >= 0.3 is 11.8 Å². The number of methoxy groups -OCH3 is 1. The van der Waals surface area contributed by atoms with E-state index in [1.807, 2.05) is 19.1 Å². The topological polar surface area (TPSA) is 140 Å². The molecule has 3 amide bonds. The van der Waals surface area contributed by atoms with Crippen molar-refractivity contribution in [1.82, 2.24) is 14.9 Å². The van der Waals surface area contributed by atoms with Gasteiger partial charge in [-0.25, -0.2) is 9.97 Å². The van der Waals surface area contributed by atoms with Crippen LogP contribution in [0.5, 0.6) is 5.88 Å². The maximum absolute atomic E-state index is 13.0. The summed E-state index contributed by atoms with van der Waals surface area (Å²) in [5.74, 6) is -1.21. The minimum atomic E-state index is -0.818. The van der Waals surface area contributed by atoms with E-state index < -0.39 is 17.7 Å². The van der Waals surface area contributed by atoms with Gasteiger partial charge in [-0.2, -0.15) is 0 Å². The minimum absolute atomic E-state index is 0.00733. The van der Waals surface area contributed by atoms with Crippen molar-refractivity contribution in [2.24, 2.45) is 11.7 Å². The third-order valence-electron chi connectivity index (χ3n) is 5.27. The lowest BCUT2D eigenvalue weighted by Crippen LogP contribution is -2.46. The number of pyridine rings is 2. The number of nitrogens with one attached hydrogen (secondary N) is 2. The van der Waals surface area contributed by atoms with Crippen molar-refractivity contribution in [3.8, 4) is 5.88 Å². The number of hydrogen-bond donors (Lipinski definition) is 3. The van der Waals surface area contributed by atoms with Crippen LogP contribution in [0.15, 0.2) is 30.6 Å². The first kappa shape index (κ1) is 22.0. The van der Waals surface area contributed by atoms with Crippen LogP contribution in [0.3, 0.4) is 0 Å². The molecular formula is C21H26N6O4. The Morgan fingerprint density at radius 1 is 1.19 bits per heavy atom. The van der Waals surface area contributed by atoms with Gasteiger partial charge in [-0.3, -0.25) is 14.4 Å². The molecule has 0 saturated carbocycles. The molecule has 0 radical (unpaired) electrons. The average molecular weight is 426 g/mol. The molecule has 0 aliphatic carbocycles. The minimum Gasteiger partial charge on any atom is -0.480 e. The van der Waals surface area contributed by atoms with Crippen LogP contribution in [0.1, 0.15) is 41.7 Å². The van der Waals surface area contributed by atoms with E-state index in [4.69, 9.17) is 10.5 Å². The van der Waals surface area contributed by atoms with Crippen LogP contribution in [0.2, 0.25) is 0 Å². The number of ether oxygens (including phenoxy) is 1. The van der Waals surface area contributed by atoms with Crippen molar-refractivity contribution in [3.63, 3.8) is 0 Å². The third kappa shape index (κ3) is 4.90. The number of carbonyl (C=O) groups is 3. The Kier molecular flexibility index (Phi) is 6.68. The Labute approximate surface area is 180 Å². The zero-order valence-corrected chi connectivity index (χ0v) is 17.7. The average Bonchev–Trinajstić information content (AvgIpc) is 2.78. The van der Waals surface area contributed by atoms with E-state index in [1.165, 1.54) is 19.4 Å². The fraction of sp³-hybridized carbons (Fsp3) is 0.381. The molecule has 1 fully saturated rings. The summed E-state index contributed by atoms with van der Waals surface area (Å²) in [5.41, 5.74) is 6.38. The summed E-state index contributed by atoms with van der Waals surface area (Å²) in [7, 11) is 3.13. The molecule has 164 valence electrons. The molecule has 31 heavy (non-hydrogen) atoms. The second-order valence-corrected chi connectivity index (χ2v) is 7.48. The van der Waals surface area contributed by atoms with Crippen LogP contribution < -0.4 is 21.1 Å². The number of primary amides is 1. The van der Waals surface area contributed by atoms with Crippen LogP contribution in [-0.2, 0) is 9.59 Å². The van der Waals surface area contributed by atoms with Crippen LogP contribution in [0, 0.1) is 5.92 Å². The van der Waals surface area contributed by atoms with Crippen molar-refractivity contribution in [1.29, 1.82) is 0 Å². The molecular weight excluding hydrogens is 400 g/mol. The molecule has 2 aromatic rings. The number of rotatable bonds is 5. The van der Waals surface area contributed by atoms with Gasteiger partial charge < -0.3 is 26.0 Å². The molecule has 2 atom stereocenters. The Morgan fingerprint density at radius 3 is 2.58 bits per heavy atom. The van der Waals surface area contributed by atoms with Gasteiger partial charge in [-0.05, 0) is 36.5 Å². The Balaban J connectivity index is 1.80. The lowest BCUT2D eigenvalue weighted by Gasteiger charge is -2.38. The monoisotopic (exact) mass is 426 g/mol. The van der Waals surface area contributed by atoms with Crippen molar-refractivity contribution >= 4 is 29.2 Å². The highest BCUT2D eigenvalue weighted by atomic mass is 16.5. The normalized spacial score (nSPS) is 18.2. The van der Waals surface area contributed by atoms with Gasteiger partial charge in [-0.1, -0.05) is 13.0 Å². The molecule has 10 nitrogen and oxygen atoms in total. The standard InChI is InChI=1S/C21H26N6O4/c1-12-4-6-16(13-5-7-17(23-2)24-9-13)27(11-12)21(30)19(29)26-14-8-15(18(22)28)20(31-3)25-10-14/h5,7-10,12,16H,4,6,11H2,1-3H3,(H2,22,28)(H,23,24)(H,26,29)/t12-,16+/m0/s1. The number of nitrogens with zero attached hydrogens (tertiary/aromatic N) is 3. The summed E-state index contributed by atoms with van der Waals surface area (Å²) >= 11 is 0. The van der Waals surface area contributed by atoms with Gasteiger partial charge in [0, 0.05) is 19.8 Å². The quantitative estimate of drug-likeness (QED) is 0.617. The summed E-state index contributed by atoms with van der Waals surface area (Å²) in [6.45, 7) is 2.50. The Morgan fingerprint density at radius 2 is 1.97 bits per heavy atom. The molecule has 0 bridgehead atoms. The summed E-state index contributed by atoms with van der Waals surface area (Å²) in [5, 5.41) is 5.47. The van der Waals surface area contributed by atoms with Gasteiger partial charge in [0.05, 0.1) is 25.0 Å². The van der Waals surface area contributed by atoms with Crippen LogP contribution in [0.25, 0.3) is 0 Å². The number of aromatic nitrogens is 2. The Hall–Kier alpha value is -3.69. The van der Waals surface area contributed by atoms with Crippen molar-refractivity contribution in [2.45, 2.75) is 25.8 Å². The van der Waals surface area contributed by atoms with Crippen molar-refractivity contribution < 1.29 is 19.1 Å². The highest BCUT2D eigenvalue weighted by molar-refractivity contribution is 6.39. The fourth-order valence-electron chi connectivity index (χ4n) is 3.65. The van der Waals surface area contributed by atoms with E-state index in [-0.39, 0.29) is 29.1 Å². The van der Waals surface area contributed by atoms with E-state index >= 15 is 0 Å². The molecule has 0 spiro atoms. The smallest absolute Gasteiger partial charge is 0.313 e. The molecule has 3 heterocycles. The zero-order valence-electron chi connectivity index (χ0n) is 17.7. The number of hydrogen-bond acceptors (Lipinski definition) is 7. The third-order valence-corrected chi connectivity index (χ3v) is 5.27. The first-order valence-electron chi connectivity index (χ1n) is 9.93. The summed E-state index contributed by atoms with van der Waals surface area (Å²) < 4.78 is 4.99. The summed E-state index contributed by atoms with van der Waals surface area (Å²) in [6.07, 6.45) is 4.69. The van der Waals surface area contributed by atoms with Crippen LogP contribution in [-0.4, -0.2) is 53.3 Å². The lowest BCUT2D eigenvalue weighted by molar-refractivity contribution is -0.146. The zero-order chi connectivity index (χ0) is 22.5. The predicted octanol–water partition coefficient (Wildman–Crippen LogP) is 1.56. The number of amides is 3. The highest BCUT2D eigenvalue weighted by Gasteiger charge is 2.34. The number of anilines is 2. The SMILES string of the molecule is CNc1ccc([C@H]2CC[C@H](C)CN2C(=O)C(=O)Nc2cnc(OC)c(C(N)=O)c2)cn1. The van der Waals surface area contributed by atoms with E-state index in [9.17, 15) is 14.4 Å². The number of nitrogens with two attached hydrogens (primary N) is 1. The maximum Gasteiger partial charge on any atom is 0.313 e. The molecule has 2 aromatic heterocycles. The second kappa shape index (κ2) is 9.41. The first-order chi connectivity index (χ1) is 14.8. The van der Waals surface area contributed by atoms with Gasteiger partial charge in [0.25, 0.3) is 5.91 Å². The predicted molar refractivity (Wildman–Crippen MR) is 115 cm³/mol. The van der Waals surface area contributed by atoms with E-state index in [0.29, 0.717) is 6.54 Å². The summed E-state index contributed by atoms with van der Waals surface area (Å²) in [4.78, 5) is 47.2. The maximum atomic E-state index is 13.0. The van der Waals surface area contributed by atoms with Crippen molar-refractivity contribution in [3.05, 3.63) is 41.7 Å². The lowest BCUT2D eigenvalue weighted by atomic mass is 9.90. The van der Waals surface area contributed by atoms with Crippen molar-refractivity contribution in [2.75, 3.05) is 31.3 Å². The second-order valence-electron chi connectivity index (χ2n) is 7.48. The molecule has 1 aliphatic rings. The molecule has 0 aromatic carbocycles. The highest BCUT2D eigenvalue weighted by Crippen LogP contribution is 2.33. The molecule has 1 saturated heterocycles. The van der Waals surface area contributed by atoms with Crippen LogP contribution in [0.4, 0.5) is 11.5 Å². The number of carbonyl (C=O) groups excluding carboxylic acids is 3. The number of piperidine rings is 1. The van der Waals surface area contributed by atoms with E-state index in [0.717, 1.165) is 24.2 Å². The number of likely N-dealkylation sites (tertiary alicyclic amines) is 1. The molecule has 1 aliphatic heterocycles. The first-order valence-corrected chi connectivity index (χ1v) is 9.93. The molecule has 10 heteroatoms. The molecule has 0 unspecified atom stereocenters. The van der Waals surface area contributed by atoms with Crippen LogP contribution >= 0.6 is 0 Å². The summed E-state index contributed by atoms with van der Waals surface area (Å²) in [6, 6.07) is 4.83. The van der Waals surface area contributed by atoms with E-state index in [2.05, 4.69) is 20.6 Å². The van der Waals surface area contributed by atoms with E-state index in [1.54, 1.807) is 18.1 Å². The molecule has 4 N–H and O–H groups in total. The Bertz CT molecular complexity index is 978. The fourth-order valence-corrected chi connectivity index (χ4v) is 3.65. The largest absolute Gasteiger partial charge is 0.480 e. The van der Waals surface area contributed by atoms with Gasteiger partial charge in [0.1, 0.15) is 11.4 Å². The van der Waals surface area contributed by atoms with Gasteiger partial charge in [0.2, 0.25) is 5.88 Å².